The van der Waals surface area contributed by atoms with Crippen LogP contribution in [0, 0.1) is 13.8 Å². The van der Waals surface area contributed by atoms with Gasteiger partial charge < -0.3 is 10.6 Å². The first-order valence-electron chi connectivity index (χ1n) is 8.46. The van der Waals surface area contributed by atoms with Crippen LogP contribution >= 0.6 is 0 Å². The largest absolute Gasteiger partial charge is 0.352 e. The number of rotatable bonds is 5. The topological polar surface area (TPSA) is 84.9 Å². The second-order valence-electron chi connectivity index (χ2n) is 6.01. The summed E-state index contributed by atoms with van der Waals surface area (Å²) in [7, 11) is 3.72. The van der Waals surface area contributed by atoms with E-state index in [-0.39, 0.29) is 0 Å². The van der Waals surface area contributed by atoms with Gasteiger partial charge in [0.1, 0.15) is 12.1 Å². The average Bonchev–Trinajstić information content (AvgIpc) is 3.26. The quantitative estimate of drug-likeness (QED) is 0.537. The van der Waals surface area contributed by atoms with E-state index in [9.17, 15) is 0 Å². The zero-order valence-electron chi connectivity index (χ0n) is 15.6. The second-order valence-corrected chi connectivity index (χ2v) is 6.01. The van der Waals surface area contributed by atoms with E-state index >= 15 is 0 Å². The third kappa shape index (κ3) is 3.74. The van der Waals surface area contributed by atoms with E-state index in [1.165, 1.54) is 5.56 Å². The van der Waals surface area contributed by atoms with Gasteiger partial charge in [-0.05, 0) is 19.9 Å². The molecule has 3 aromatic heterocycles. The molecule has 0 aliphatic rings. The Kier molecular flexibility index (Phi) is 5.31. The molecule has 0 fully saturated rings. The Morgan fingerprint density at radius 1 is 1.19 bits per heavy atom. The Balaban J connectivity index is 1.65. The van der Waals surface area contributed by atoms with E-state index in [0.29, 0.717) is 13.1 Å². The van der Waals surface area contributed by atoms with Gasteiger partial charge in [0.2, 0.25) is 0 Å². The Morgan fingerprint density at radius 2 is 2.00 bits per heavy atom. The molecule has 8 heteroatoms. The summed E-state index contributed by atoms with van der Waals surface area (Å²) in [5, 5.41) is 11.1. The Bertz CT molecular complexity index is 892. The lowest BCUT2D eigenvalue weighted by Crippen LogP contribution is -2.36. The molecule has 0 amide bonds. The van der Waals surface area contributed by atoms with Crippen molar-refractivity contribution >= 4 is 5.96 Å². The van der Waals surface area contributed by atoms with E-state index in [2.05, 4.69) is 37.6 Å². The van der Waals surface area contributed by atoms with Crippen molar-refractivity contribution in [1.82, 2.24) is 34.9 Å². The van der Waals surface area contributed by atoms with Crippen LogP contribution in [0.15, 0.2) is 42.0 Å². The van der Waals surface area contributed by atoms with E-state index < -0.39 is 0 Å². The molecule has 0 unspecified atom stereocenters. The summed E-state index contributed by atoms with van der Waals surface area (Å²) in [5.41, 5.74) is 4.43. The number of pyridine rings is 1. The number of aliphatic imine (C=N–C) groups is 1. The van der Waals surface area contributed by atoms with Gasteiger partial charge in [-0.25, -0.2) is 9.97 Å². The van der Waals surface area contributed by atoms with Gasteiger partial charge in [-0.3, -0.25) is 14.2 Å². The smallest absolute Gasteiger partial charge is 0.191 e. The predicted octanol–water partition coefficient (Wildman–Crippen LogP) is 1.48. The molecule has 0 atom stereocenters. The highest BCUT2D eigenvalue weighted by Gasteiger charge is 2.10. The molecule has 2 N–H and O–H groups in total. The maximum absolute atomic E-state index is 4.46. The van der Waals surface area contributed by atoms with Crippen molar-refractivity contribution in [1.29, 1.82) is 0 Å². The van der Waals surface area contributed by atoms with Gasteiger partial charge in [0.25, 0.3) is 0 Å². The molecule has 8 nitrogen and oxygen atoms in total. The van der Waals surface area contributed by atoms with Crippen LogP contribution in [0.1, 0.15) is 22.5 Å². The Morgan fingerprint density at radius 3 is 2.65 bits per heavy atom. The fourth-order valence-electron chi connectivity index (χ4n) is 2.83. The van der Waals surface area contributed by atoms with Crippen molar-refractivity contribution in [2.24, 2.45) is 12.0 Å². The molecule has 0 bridgehead atoms. The summed E-state index contributed by atoms with van der Waals surface area (Å²) < 4.78 is 3.80. The standard InChI is InChI=1S/C18H24N8/c1-13-16(14(2)25(4)24-13)11-23-18(19-3)22-10-15-6-5-7-21-17(15)26-9-8-20-12-26/h5-9,12H,10-11H2,1-4H3,(H2,19,22,23). The SMILES string of the molecule is CN=C(NCc1cccnc1-n1ccnc1)NCc1c(C)nn(C)c1C. The zero-order valence-corrected chi connectivity index (χ0v) is 15.6. The maximum atomic E-state index is 4.46. The number of aryl methyl sites for hydroxylation is 2. The molecule has 3 heterocycles. The van der Waals surface area contributed by atoms with Gasteiger partial charge in [0, 0.05) is 62.6 Å². The summed E-state index contributed by atoms with van der Waals surface area (Å²) in [6.07, 6.45) is 7.14. The summed E-state index contributed by atoms with van der Waals surface area (Å²) in [4.78, 5) is 12.9. The lowest BCUT2D eigenvalue weighted by molar-refractivity contribution is 0.728. The molecule has 0 radical (unpaired) electrons. The molecule has 3 rings (SSSR count). The summed E-state index contributed by atoms with van der Waals surface area (Å²) in [5.74, 6) is 1.58. The van der Waals surface area contributed by atoms with Crippen LogP contribution in [-0.2, 0) is 20.1 Å². The lowest BCUT2D eigenvalue weighted by atomic mass is 10.2. The van der Waals surface area contributed by atoms with Crippen LogP contribution in [-0.4, -0.2) is 37.3 Å². The van der Waals surface area contributed by atoms with Crippen molar-refractivity contribution in [3.8, 4) is 5.82 Å². The first kappa shape index (κ1) is 17.7. The first-order chi connectivity index (χ1) is 12.6. The highest BCUT2D eigenvalue weighted by atomic mass is 15.3. The van der Waals surface area contributed by atoms with Crippen molar-refractivity contribution in [3.05, 3.63) is 59.6 Å². The Labute approximate surface area is 153 Å². The summed E-state index contributed by atoms with van der Waals surface area (Å²) in [6, 6.07) is 3.97. The molecule has 136 valence electrons. The monoisotopic (exact) mass is 352 g/mol. The van der Waals surface area contributed by atoms with Crippen molar-refractivity contribution in [2.45, 2.75) is 26.9 Å². The van der Waals surface area contributed by atoms with Crippen LogP contribution in [0.3, 0.4) is 0 Å². The van der Waals surface area contributed by atoms with Crippen molar-refractivity contribution < 1.29 is 0 Å². The number of guanidine groups is 1. The minimum atomic E-state index is 0.603. The van der Waals surface area contributed by atoms with Crippen LogP contribution in [0.5, 0.6) is 0 Å². The number of imidazole rings is 1. The molecule has 26 heavy (non-hydrogen) atoms. The molecule has 0 saturated heterocycles. The normalized spacial score (nSPS) is 11.6. The number of hydrogen-bond acceptors (Lipinski definition) is 4. The van der Waals surface area contributed by atoms with Crippen LogP contribution in [0.4, 0.5) is 0 Å². The van der Waals surface area contributed by atoms with Crippen LogP contribution in [0.25, 0.3) is 5.82 Å². The van der Waals surface area contributed by atoms with Gasteiger partial charge in [0.15, 0.2) is 5.96 Å². The predicted molar refractivity (Wildman–Crippen MR) is 101 cm³/mol. The molecular weight excluding hydrogens is 328 g/mol. The Hall–Kier alpha value is -3.16. The highest BCUT2D eigenvalue weighted by Crippen LogP contribution is 2.12. The van der Waals surface area contributed by atoms with Gasteiger partial charge in [-0.2, -0.15) is 5.10 Å². The zero-order chi connectivity index (χ0) is 18.5. The number of hydrogen-bond donors (Lipinski definition) is 2. The van der Waals surface area contributed by atoms with E-state index in [4.69, 9.17) is 0 Å². The molecule has 0 aromatic carbocycles. The van der Waals surface area contributed by atoms with Crippen molar-refractivity contribution in [2.75, 3.05) is 7.05 Å². The molecule has 0 aliphatic heterocycles. The van der Waals surface area contributed by atoms with Gasteiger partial charge in [0.05, 0.1) is 5.69 Å². The summed E-state index contributed by atoms with van der Waals surface area (Å²) >= 11 is 0. The third-order valence-electron chi connectivity index (χ3n) is 4.38. The van der Waals surface area contributed by atoms with Crippen molar-refractivity contribution in [3.63, 3.8) is 0 Å². The van der Waals surface area contributed by atoms with E-state index in [0.717, 1.165) is 28.7 Å². The fourth-order valence-corrected chi connectivity index (χ4v) is 2.83. The molecule has 3 aromatic rings. The van der Waals surface area contributed by atoms with Gasteiger partial charge in [-0.1, -0.05) is 6.07 Å². The minimum Gasteiger partial charge on any atom is -0.352 e. The number of nitrogens with one attached hydrogen (secondary N) is 2. The number of aromatic nitrogens is 5. The maximum Gasteiger partial charge on any atom is 0.191 e. The molecular formula is C18H24N8. The lowest BCUT2D eigenvalue weighted by Gasteiger charge is -2.14. The minimum absolute atomic E-state index is 0.603. The molecule has 0 spiro atoms. The molecule has 0 aliphatic carbocycles. The van der Waals surface area contributed by atoms with Crippen LogP contribution < -0.4 is 10.6 Å². The summed E-state index contributed by atoms with van der Waals surface area (Å²) in [6.45, 7) is 5.37. The highest BCUT2D eigenvalue weighted by molar-refractivity contribution is 5.79. The molecule has 0 saturated carbocycles. The fraction of sp³-hybridized carbons (Fsp3) is 0.333. The second kappa shape index (κ2) is 7.81. The average molecular weight is 352 g/mol. The first-order valence-corrected chi connectivity index (χ1v) is 8.46. The van der Waals surface area contributed by atoms with Gasteiger partial charge in [-0.15, -0.1) is 0 Å². The van der Waals surface area contributed by atoms with Crippen LogP contribution in [0.2, 0.25) is 0 Å². The number of nitrogens with zero attached hydrogens (tertiary/aromatic N) is 6. The van der Waals surface area contributed by atoms with Gasteiger partial charge >= 0.3 is 0 Å². The van der Waals surface area contributed by atoms with E-state index in [1.807, 2.05) is 41.5 Å². The van der Waals surface area contributed by atoms with E-state index in [1.54, 1.807) is 25.8 Å². The third-order valence-corrected chi connectivity index (χ3v) is 4.38.